The van der Waals surface area contributed by atoms with Crippen LogP contribution in [0.2, 0.25) is 5.02 Å². The molecule has 1 N–H and O–H groups in total. The summed E-state index contributed by atoms with van der Waals surface area (Å²) >= 11 is 6.08. The normalized spacial score (nSPS) is 10.6. The van der Waals surface area contributed by atoms with Gasteiger partial charge in [-0.05, 0) is 36.4 Å². The molecule has 6 nitrogen and oxygen atoms in total. The average molecular weight is 345 g/mol. The van der Waals surface area contributed by atoms with Crippen LogP contribution in [0.1, 0.15) is 26.6 Å². The second-order valence-electron chi connectivity index (χ2n) is 5.06. The van der Waals surface area contributed by atoms with Crippen LogP contribution >= 0.6 is 11.6 Å². The molecule has 0 bridgehead atoms. The summed E-state index contributed by atoms with van der Waals surface area (Å²) in [7, 11) is 1.28. The summed E-state index contributed by atoms with van der Waals surface area (Å²) in [6.07, 6.45) is 0. The molecule has 1 heterocycles. The van der Waals surface area contributed by atoms with Crippen LogP contribution in [0.4, 0.5) is 5.69 Å². The van der Waals surface area contributed by atoms with Crippen LogP contribution in [0.25, 0.3) is 11.1 Å². The van der Waals surface area contributed by atoms with Crippen LogP contribution in [-0.2, 0) is 4.74 Å². The van der Waals surface area contributed by atoms with Gasteiger partial charge in [-0.2, -0.15) is 0 Å². The molecular formula is C17H13ClN2O4. The van der Waals surface area contributed by atoms with E-state index in [1.807, 2.05) is 0 Å². The maximum absolute atomic E-state index is 12.4. The van der Waals surface area contributed by atoms with Crippen molar-refractivity contribution in [2.45, 2.75) is 6.92 Å². The predicted octanol–water partition coefficient (Wildman–Crippen LogP) is 3.83. The Bertz CT molecular complexity index is 949. The molecule has 0 fully saturated rings. The number of carbonyl (C=O) groups excluding carboxylic acids is 2. The largest absolute Gasteiger partial charge is 0.465 e. The number of halogens is 1. The van der Waals surface area contributed by atoms with Crippen molar-refractivity contribution in [3.8, 4) is 0 Å². The van der Waals surface area contributed by atoms with Crippen molar-refractivity contribution < 1.29 is 18.7 Å². The maximum atomic E-state index is 12.4. The molecular weight excluding hydrogens is 332 g/mol. The molecule has 0 spiro atoms. The number of esters is 1. The standard InChI is InChI=1S/C17H13ClN2O4/c1-9-19-14-7-10(4-6-15(14)24-9)16(21)20-13-8-11(17(22)23-2)3-5-12(13)18/h3-8H,1-2H3,(H,20,21). The highest BCUT2D eigenvalue weighted by atomic mass is 35.5. The highest BCUT2D eigenvalue weighted by Crippen LogP contribution is 2.25. The van der Waals surface area contributed by atoms with Crippen molar-refractivity contribution in [3.05, 3.63) is 58.4 Å². The number of nitrogens with one attached hydrogen (secondary N) is 1. The Hall–Kier alpha value is -2.86. The lowest BCUT2D eigenvalue weighted by molar-refractivity contribution is 0.0600. The molecule has 0 aliphatic rings. The third-order valence-electron chi connectivity index (χ3n) is 3.39. The fourth-order valence-electron chi connectivity index (χ4n) is 2.24. The smallest absolute Gasteiger partial charge is 0.337 e. The fraction of sp³-hybridized carbons (Fsp3) is 0.118. The van der Waals surface area contributed by atoms with E-state index >= 15 is 0 Å². The number of amides is 1. The van der Waals surface area contributed by atoms with E-state index in [-0.39, 0.29) is 5.91 Å². The lowest BCUT2D eigenvalue weighted by Gasteiger charge is -2.09. The van der Waals surface area contributed by atoms with E-state index in [0.717, 1.165) is 0 Å². The minimum atomic E-state index is -0.512. The first kappa shape index (κ1) is 16.0. The van der Waals surface area contributed by atoms with Gasteiger partial charge in [-0.1, -0.05) is 11.6 Å². The molecule has 2 aromatic carbocycles. The number of hydrogen-bond acceptors (Lipinski definition) is 5. The minimum Gasteiger partial charge on any atom is -0.465 e. The quantitative estimate of drug-likeness (QED) is 0.730. The van der Waals surface area contributed by atoms with E-state index in [9.17, 15) is 9.59 Å². The van der Waals surface area contributed by atoms with Gasteiger partial charge in [0.1, 0.15) is 5.52 Å². The lowest BCUT2D eigenvalue weighted by Crippen LogP contribution is -2.13. The van der Waals surface area contributed by atoms with Crippen LogP contribution in [-0.4, -0.2) is 24.0 Å². The Morgan fingerprint density at radius 3 is 2.67 bits per heavy atom. The number of aryl methyl sites for hydroxylation is 1. The summed E-state index contributed by atoms with van der Waals surface area (Å²) in [6, 6.07) is 9.43. The molecule has 0 saturated heterocycles. The third-order valence-corrected chi connectivity index (χ3v) is 3.72. The Morgan fingerprint density at radius 1 is 1.17 bits per heavy atom. The monoisotopic (exact) mass is 344 g/mol. The fourth-order valence-corrected chi connectivity index (χ4v) is 2.41. The molecule has 3 aromatic rings. The molecule has 0 atom stereocenters. The second-order valence-corrected chi connectivity index (χ2v) is 5.46. The Morgan fingerprint density at radius 2 is 1.92 bits per heavy atom. The SMILES string of the molecule is COC(=O)c1ccc(Cl)c(NC(=O)c2ccc3oc(C)nc3c2)c1. The average Bonchev–Trinajstić information content (AvgIpc) is 2.95. The van der Waals surface area contributed by atoms with Gasteiger partial charge < -0.3 is 14.5 Å². The number of fused-ring (bicyclic) bond motifs is 1. The van der Waals surface area contributed by atoms with Crippen molar-refractivity contribution in [3.63, 3.8) is 0 Å². The number of anilines is 1. The zero-order valence-electron chi connectivity index (χ0n) is 12.9. The first-order chi connectivity index (χ1) is 11.5. The maximum Gasteiger partial charge on any atom is 0.337 e. The number of carbonyl (C=O) groups is 2. The third kappa shape index (κ3) is 3.09. The van der Waals surface area contributed by atoms with E-state index < -0.39 is 5.97 Å². The first-order valence-electron chi connectivity index (χ1n) is 7.04. The summed E-state index contributed by atoms with van der Waals surface area (Å²) in [4.78, 5) is 28.2. The number of rotatable bonds is 3. The van der Waals surface area contributed by atoms with Gasteiger partial charge in [-0.3, -0.25) is 4.79 Å². The summed E-state index contributed by atoms with van der Waals surface area (Å²) in [5.74, 6) is -0.362. The van der Waals surface area contributed by atoms with E-state index in [0.29, 0.717) is 38.8 Å². The number of methoxy groups -OCH3 is 1. The molecule has 122 valence electrons. The van der Waals surface area contributed by atoms with Gasteiger partial charge in [0.05, 0.1) is 23.4 Å². The Balaban J connectivity index is 1.89. The van der Waals surface area contributed by atoms with Crippen LogP contribution in [0.3, 0.4) is 0 Å². The van der Waals surface area contributed by atoms with Crippen LogP contribution in [0.15, 0.2) is 40.8 Å². The van der Waals surface area contributed by atoms with Gasteiger partial charge in [-0.25, -0.2) is 9.78 Å². The van der Waals surface area contributed by atoms with E-state index in [4.69, 9.17) is 16.0 Å². The van der Waals surface area contributed by atoms with E-state index in [2.05, 4.69) is 15.0 Å². The topological polar surface area (TPSA) is 81.4 Å². The second kappa shape index (κ2) is 6.33. The summed E-state index contributed by atoms with van der Waals surface area (Å²) in [6.45, 7) is 1.73. The van der Waals surface area contributed by atoms with Crippen molar-refractivity contribution >= 4 is 40.3 Å². The minimum absolute atomic E-state index is 0.291. The molecule has 0 aliphatic carbocycles. The van der Waals surface area contributed by atoms with Gasteiger partial charge in [0.15, 0.2) is 11.5 Å². The summed E-state index contributed by atoms with van der Waals surface area (Å²) < 4.78 is 10.0. The zero-order valence-corrected chi connectivity index (χ0v) is 13.7. The van der Waals surface area contributed by atoms with Crippen LogP contribution in [0.5, 0.6) is 0 Å². The van der Waals surface area contributed by atoms with Gasteiger partial charge >= 0.3 is 5.97 Å². The summed E-state index contributed by atoms with van der Waals surface area (Å²) in [5.41, 5.74) is 2.21. The molecule has 0 radical (unpaired) electrons. The Labute approximate surface area is 142 Å². The van der Waals surface area contributed by atoms with Crippen molar-refractivity contribution in [2.24, 2.45) is 0 Å². The molecule has 3 rings (SSSR count). The van der Waals surface area contributed by atoms with Crippen molar-refractivity contribution in [1.82, 2.24) is 4.98 Å². The first-order valence-corrected chi connectivity index (χ1v) is 7.42. The highest BCUT2D eigenvalue weighted by Gasteiger charge is 2.14. The van der Waals surface area contributed by atoms with E-state index in [1.54, 1.807) is 25.1 Å². The molecule has 7 heteroatoms. The molecule has 1 amide bonds. The number of hydrogen-bond donors (Lipinski definition) is 1. The zero-order chi connectivity index (χ0) is 17.3. The van der Waals surface area contributed by atoms with Crippen molar-refractivity contribution in [2.75, 3.05) is 12.4 Å². The molecule has 24 heavy (non-hydrogen) atoms. The molecule has 0 unspecified atom stereocenters. The van der Waals surface area contributed by atoms with Crippen LogP contribution in [0, 0.1) is 6.92 Å². The number of benzene rings is 2. The number of aromatic nitrogens is 1. The van der Waals surface area contributed by atoms with Crippen LogP contribution < -0.4 is 5.32 Å². The molecule has 0 saturated carbocycles. The number of oxazole rings is 1. The van der Waals surface area contributed by atoms with Gasteiger partial charge in [0, 0.05) is 12.5 Å². The predicted molar refractivity (Wildman–Crippen MR) is 89.5 cm³/mol. The number of nitrogens with zero attached hydrogens (tertiary/aromatic N) is 1. The molecule has 0 aliphatic heterocycles. The molecule has 1 aromatic heterocycles. The summed E-state index contributed by atoms with van der Waals surface area (Å²) in [5, 5.41) is 2.99. The Kier molecular flexibility index (Phi) is 4.22. The van der Waals surface area contributed by atoms with E-state index in [1.165, 1.54) is 25.3 Å². The number of ether oxygens (including phenoxy) is 1. The van der Waals surface area contributed by atoms with Gasteiger partial charge in [0.2, 0.25) is 0 Å². The van der Waals surface area contributed by atoms with Crippen molar-refractivity contribution in [1.29, 1.82) is 0 Å². The van der Waals surface area contributed by atoms with Gasteiger partial charge in [-0.15, -0.1) is 0 Å². The lowest BCUT2D eigenvalue weighted by atomic mass is 10.1. The highest BCUT2D eigenvalue weighted by molar-refractivity contribution is 6.34. The van der Waals surface area contributed by atoms with Gasteiger partial charge in [0.25, 0.3) is 5.91 Å².